The minimum atomic E-state index is -0.424. The first-order valence-electron chi connectivity index (χ1n) is 5.07. The van der Waals surface area contributed by atoms with Gasteiger partial charge in [-0.15, -0.1) is 0 Å². The maximum Gasteiger partial charge on any atom is 0.214 e. The Bertz CT molecular complexity index is 302. The third-order valence-electron chi connectivity index (χ3n) is 2.25. The van der Waals surface area contributed by atoms with Gasteiger partial charge in [-0.3, -0.25) is 0 Å². The molecule has 0 saturated heterocycles. The zero-order valence-corrected chi connectivity index (χ0v) is 9.57. The van der Waals surface area contributed by atoms with E-state index in [1.165, 1.54) is 12.3 Å². The van der Waals surface area contributed by atoms with Crippen LogP contribution in [0.3, 0.4) is 0 Å². The van der Waals surface area contributed by atoms with Crippen LogP contribution in [-0.2, 0) is 0 Å². The van der Waals surface area contributed by atoms with E-state index < -0.39 is 5.95 Å². The van der Waals surface area contributed by atoms with Gasteiger partial charge < -0.3 is 9.80 Å². The Morgan fingerprint density at radius 3 is 2.60 bits per heavy atom. The summed E-state index contributed by atoms with van der Waals surface area (Å²) in [6.45, 7) is 1.96. The number of anilines is 1. The third-order valence-corrected chi connectivity index (χ3v) is 2.25. The van der Waals surface area contributed by atoms with Crippen LogP contribution in [0.1, 0.15) is 6.42 Å². The van der Waals surface area contributed by atoms with Gasteiger partial charge in [-0.1, -0.05) is 0 Å². The number of rotatable bonds is 5. The van der Waals surface area contributed by atoms with E-state index in [4.69, 9.17) is 0 Å². The molecule has 15 heavy (non-hydrogen) atoms. The first kappa shape index (κ1) is 11.9. The van der Waals surface area contributed by atoms with Crippen LogP contribution in [0.5, 0.6) is 0 Å². The van der Waals surface area contributed by atoms with Crippen molar-refractivity contribution >= 4 is 5.69 Å². The maximum atomic E-state index is 12.8. The fourth-order valence-electron chi connectivity index (χ4n) is 1.38. The van der Waals surface area contributed by atoms with Crippen molar-refractivity contribution < 1.29 is 4.39 Å². The molecule has 0 saturated carbocycles. The zero-order chi connectivity index (χ0) is 11.3. The highest BCUT2D eigenvalue weighted by Gasteiger charge is 2.02. The molecule has 0 atom stereocenters. The molecule has 1 aromatic rings. The Kier molecular flexibility index (Phi) is 4.49. The Hall–Kier alpha value is -1.16. The van der Waals surface area contributed by atoms with Crippen LogP contribution in [0.15, 0.2) is 18.3 Å². The fraction of sp³-hybridized carbons (Fsp3) is 0.545. The van der Waals surface area contributed by atoms with Gasteiger partial charge in [0, 0.05) is 31.5 Å². The van der Waals surface area contributed by atoms with Gasteiger partial charge in [0.1, 0.15) is 0 Å². The van der Waals surface area contributed by atoms with Gasteiger partial charge in [0.05, 0.1) is 0 Å². The molecule has 0 aromatic carbocycles. The van der Waals surface area contributed by atoms with Crippen molar-refractivity contribution in [3.05, 3.63) is 24.3 Å². The van der Waals surface area contributed by atoms with E-state index in [9.17, 15) is 4.39 Å². The quantitative estimate of drug-likeness (QED) is 0.690. The molecular formula is C11H18FN3. The van der Waals surface area contributed by atoms with Crippen molar-refractivity contribution in [2.45, 2.75) is 6.42 Å². The molecule has 1 rings (SSSR count). The molecule has 84 valence electrons. The van der Waals surface area contributed by atoms with E-state index in [1.54, 1.807) is 0 Å². The van der Waals surface area contributed by atoms with E-state index in [0.29, 0.717) is 0 Å². The number of halogens is 1. The van der Waals surface area contributed by atoms with Crippen molar-refractivity contribution in [2.75, 3.05) is 39.1 Å². The number of nitrogens with zero attached hydrogens (tertiary/aromatic N) is 3. The van der Waals surface area contributed by atoms with Crippen molar-refractivity contribution in [3.63, 3.8) is 0 Å². The van der Waals surface area contributed by atoms with E-state index in [1.807, 2.05) is 32.1 Å². The summed E-state index contributed by atoms with van der Waals surface area (Å²) in [6.07, 6.45) is 2.56. The second-order valence-electron chi connectivity index (χ2n) is 3.92. The number of aromatic nitrogens is 1. The average molecular weight is 211 g/mol. The lowest BCUT2D eigenvalue weighted by atomic mass is 10.3. The lowest BCUT2D eigenvalue weighted by Crippen LogP contribution is -2.23. The third kappa shape index (κ3) is 4.25. The molecule has 3 nitrogen and oxygen atoms in total. The molecule has 0 bridgehead atoms. The van der Waals surface area contributed by atoms with Gasteiger partial charge >= 0.3 is 0 Å². The highest BCUT2D eigenvalue weighted by Crippen LogP contribution is 2.12. The van der Waals surface area contributed by atoms with Crippen LogP contribution >= 0.6 is 0 Å². The minimum absolute atomic E-state index is 0.424. The topological polar surface area (TPSA) is 19.4 Å². The van der Waals surface area contributed by atoms with Gasteiger partial charge in [-0.25, -0.2) is 4.98 Å². The molecule has 0 radical (unpaired) electrons. The van der Waals surface area contributed by atoms with Gasteiger partial charge in [-0.05, 0) is 33.1 Å². The van der Waals surface area contributed by atoms with E-state index >= 15 is 0 Å². The monoisotopic (exact) mass is 211 g/mol. The summed E-state index contributed by atoms with van der Waals surface area (Å²) >= 11 is 0. The first-order valence-corrected chi connectivity index (χ1v) is 5.07. The summed E-state index contributed by atoms with van der Waals surface area (Å²) in [5.41, 5.74) is 0.876. The van der Waals surface area contributed by atoms with Crippen LogP contribution < -0.4 is 4.90 Å². The zero-order valence-electron chi connectivity index (χ0n) is 9.57. The summed E-state index contributed by atoms with van der Waals surface area (Å²) in [5, 5.41) is 0. The van der Waals surface area contributed by atoms with Gasteiger partial charge in [0.25, 0.3) is 0 Å². The summed E-state index contributed by atoms with van der Waals surface area (Å²) < 4.78 is 12.8. The first-order chi connectivity index (χ1) is 7.09. The van der Waals surface area contributed by atoms with Gasteiger partial charge in [0.2, 0.25) is 5.95 Å². The minimum Gasteiger partial charge on any atom is -0.374 e. The number of pyridine rings is 1. The molecule has 0 amide bonds. The average Bonchev–Trinajstić information content (AvgIpc) is 2.17. The molecule has 1 heterocycles. The molecule has 4 heteroatoms. The lowest BCUT2D eigenvalue weighted by molar-refractivity contribution is 0.401. The summed E-state index contributed by atoms with van der Waals surface area (Å²) in [5.74, 6) is -0.424. The Labute approximate surface area is 90.5 Å². The Balaban J connectivity index is 2.43. The van der Waals surface area contributed by atoms with Gasteiger partial charge in [-0.2, -0.15) is 4.39 Å². The van der Waals surface area contributed by atoms with Crippen LogP contribution in [0.4, 0.5) is 10.1 Å². The number of hydrogen-bond acceptors (Lipinski definition) is 3. The molecule has 0 spiro atoms. The summed E-state index contributed by atoms with van der Waals surface area (Å²) in [7, 11) is 6.06. The molecule has 1 aromatic heterocycles. The number of hydrogen-bond donors (Lipinski definition) is 0. The van der Waals surface area contributed by atoms with Crippen LogP contribution in [0.25, 0.3) is 0 Å². The molecule has 0 N–H and O–H groups in total. The molecule has 0 unspecified atom stereocenters. The van der Waals surface area contributed by atoms with Crippen LogP contribution in [0, 0.1) is 5.95 Å². The van der Waals surface area contributed by atoms with Crippen molar-refractivity contribution in [1.82, 2.24) is 9.88 Å². The highest BCUT2D eigenvalue weighted by atomic mass is 19.1. The van der Waals surface area contributed by atoms with E-state index in [-0.39, 0.29) is 0 Å². The van der Waals surface area contributed by atoms with Crippen molar-refractivity contribution in [2.24, 2.45) is 0 Å². The largest absolute Gasteiger partial charge is 0.374 e. The molecule has 0 fully saturated rings. The second kappa shape index (κ2) is 5.66. The van der Waals surface area contributed by atoms with E-state index in [2.05, 4.69) is 9.88 Å². The summed E-state index contributed by atoms with van der Waals surface area (Å²) in [6, 6.07) is 3.27. The van der Waals surface area contributed by atoms with Gasteiger partial charge in [0.15, 0.2) is 0 Å². The molecular weight excluding hydrogens is 193 g/mol. The lowest BCUT2D eigenvalue weighted by Gasteiger charge is -2.20. The maximum absolute atomic E-state index is 12.8. The second-order valence-corrected chi connectivity index (χ2v) is 3.92. The molecule has 0 aliphatic carbocycles. The smallest absolute Gasteiger partial charge is 0.214 e. The summed E-state index contributed by atoms with van der Waals surface area (Å²) in [4.78, 5) is 7.70. The highest BCUT2D eigenvalue weighted by molar-refractivity contribution is 5.43. The fourth-order valence-corrected chi connectivity index (χ4v) is 1.38. The van der Waals surface area contributed by atoms with E-state index in [0.717, 1.165) is 25.2 Å². The normalized spacial score (nSPS) is 10.7. The predicted molar refractivity (Wildman–Crippen MR) is 60.6 cm³/mol. The molecule has 0 aliphatic heterocycles. The van der Waals surface area contributed by atoms with Crippen LogP contribution in [-0.4, -0.2) is 44.1 Å². The predicted octanol–water partition coefficient (Wildman–Crippen LogP) is 1.61. The van der Waals surface area contributed by atoms with Crippen molar-refractivity contribution in [3.8, 4) is 0 Å². The SMILES string of the molecule is CN(C)CCCN(C)c1ccnc(F)c1. The Morgan fingerprint density at radius 1 is 1.27 bits per heavy atom. The molecule has 0 aliphatic rings. The standard InChI is InChI=1S/C11H18FN3/c1-14(2)7-4-8-15(3)10-5-6-13-11(12)9-10/h5-6,9H,4,7-8H2,1-3H3. The Morgan fingerprint density at radius 2 is 2.00 bits per heavy atom. The van der Waals surface area contributed by atoms with Crippen LogP contribution in [0.2, 0.25) is 0 Å². The van der Waals surface area contributed by atoms with Crippen molar-refractivity contribution in [1.29, 1.82) is 0 Å².